The summed E-state index contributed by atoms with van der Waals surface area (Å²) in [5.41, 5.74) is 0.958. The second kappa shape index (κ2) is 6.49. The van der Waals surface area contributed by atoms with Crippen molar-refractivity contribution in [1.29, 1.82) is 0 Å². The van der Waals surface area contributed by atoms with Crippen LogP contribution in [0.3, 0.4) is 0 Å². The van der Waals surface area contributed by atoms with Crippen molar-refractivity contribution in [3.63, 3.8) is 0 Å². The summed E-state index contributed by atoms with van der Waals surface area (Å²) < 4.78 is 18.2. The Morgan fingerprint density at radius 2 is 1.52 bits per heavy atom. The zero-order valence-corrected chi connectivity index (χ0v) is 14.8. The third-order valence-electron chi connectivity index (χ3n) is 3.58. The Bertz CT molecular complexity index is 889. The summed E-state index contributed by atoms with van der Waals surface area (Å²) in [6.07, 6.45) is 0. The van der Waals surface area contributed by atoms with Gasteiger partial charge < -0.3 is 0 Å². The molecule has 3 aromatic rings. The Balaban J connectivity index is 2.24. The molecule has 0 saturated carbocycles. The van der Waals surface area contributed by atoms with Crippen molar-refractivity contribution in [2.24, 2.45) is 0 Å². The molecule has 0 aliphatic carbocycles. The van der Waals surface area contributed by atoms with Crippen LogP contribution < -0.4 is 19.6 Å². The molecular weight excluding hydrogens is 359 g/mol. The van der Waals surface area contributed by atoms with Gasteiger partial charge in [-0.2, -0.15) is 0 Å². The fourth-order valence-electron chi connectivity index (χ4n) is 2.47. The molecule has 0 radical (unpaired) electrons. The van der Waals surface area contributed by atoms with E-state index in [2.05, 4.69) is 0 Å². The van der Waals surface area contributed by atoms with Crippen molar-refractivity contribution in [1.82, 2.24) is 0 Å². The van der Waals surface area contributed by atoms with E-state index in [0.717, 1.165) is 19.6 Å². The van der Waals surface area contributed by atoms with Gasteiger partial charge in [-0.15, -0.1) is 0 Å². The van der Waals surface area contributed by atoms with Gasteiger partial charge in [0.1, 0.15) is 0 Å². The predicted octanol–water partition coefficient (Wildman–Crippen LogP) is 2.95. The van der Waals surface area contributed by atoms with Crippen LogP contribution in [0.1, 0.15) is 0 Å². The zero-order valence-electron chi connectivity index (χ0n) is 13.1. The molecule has 0 bridgehead atoms. The summed E-state index contributed by atoms with van der Waals surface area (Å²) in [5, 5.41) is 0.795. The van der Waals surface area contributed by atoms with E-state index < -0.39 is 0 Å². The van der Waals surface area contributed by atoms with Crippen LogP contribution >= 0.6 is 0 Å². The number of methoxy groups -OCH3 is 3. The Morgan fingerprint density at radius 1 is 0.870 bits per heavy atom. The molecule has 0 aliphatic rings. The molecule has 1 aromatic heterocycles. The second-order valence-corrected chi connectivity index (χ2v) is 7.16. The number of fused-ring (bicyclic) bond motifs is 1. The van der Waals surface area contributed by atoms with Gasteiger partial charge in [0.2, 0.25) is 0 Å². The number of ether oxygens (including phenoxy) is 3. The maximum atomic E-state index is 12.3. The quantitative estimate of drug-likeness (QED) is 0.658. The van der Waals surface area contributed by atoms with Crippen molar-refractivity contribution in [2.45, 2.75) is 0 Å². The molecule has 3 rings (SSSR count). The van der Waals surface area contributed by atoms with E-state index in [4.69, 9.17) is 14.2 Å². The topological polar surface area (TPSA) is 44.8 Å². The summed E-state index contributed by atoms with van der Waals surface area (Å²) in [5.74, 6) is 1.73. The molecule has 0 aliphatic heterocycles. The molecule has 2 aromatic carbocycles. The molecule has 0 fully saturated rings. The van der Waals surface area contributed by atoms with Crippen molar-refractivity contribution in [2.75, 3.05) is 21.3 Å². The van der Waals surface area contributed by atoms with Gasteiger partial charge >= 0.3 is 140 Å². The molecule has 0 spiro atoms. The van der Waals surface area contributed by atoms with Crippen molar-refractivity contribution >= 4 is 24.1 Å². The summed E-state index contributed by atoms with van der Waals surface area (Å²) in [6, 6.07) is 13.2. The molecule has 0 atom stereocenters. The summed E-state index contributed by atoms with van der Waals surface area (Å²) >= 11 is 0.0507. The first kappa shape index (κ1) is 15.7. The van der Waals surface area contributed by atoms with E-state index in [0.29, 0.717) is 17.2 Å². The van der Waals surface area contributed by atoms with Crippen LogP contribution in [0.4, 0.5) is 0 Å². The Labute approximate surface area is 140 Å². The number of hydrogen-bond donors (Lipinski definition) is 0. The summed E-state index contributed by atoms with van der Waals surface area (Å²) in [7, 11) is 4.74. The van der Waals surface area contributed by atoms with Gasteiger partial charge in [-0.1, -0.05) is 0 Å². The molecule has 23 heavy (non-hydrogen) atoms. The SMILES string of the molecule is COc1cc(-c2cc(=O)c3ccccc3[se]2)cc(OC)c1OC. The zero-order chi connectivity index (χ0) is 16.4. The van der Waals surface area contributed by atoms with Gasteiger partial charge in [-0.3, -0.25) is 0 Å². The molecule has 4 nitrogen and oxygen atoms in total. The fraction of sp³-hybridized carbons (Fsp3) is 0.167. The van der Waals surface area contributed by atoms with Crippen LogP contribution in [0.5, 0.6) is 17.2 Å². The van der Waals surface area contributed by atoms with Gasteiger partial charge in [0.25, 0.3) is 0 Å². The van der Waals surface area contributed by atoms with Gasteiger partial charge in [0.15, 0.2) is 0 Å². The molecule has 118 valence electrons. The van der Waals surface area contributed by atoms with Crippen LogP contribution in [0.2, 0.25) is 0 Å². The standard InChI is InChI=1S/C18H16O4Se/c1-20-14-8-11(9-15(21-2)18(14)22-3)17-10-13(19)12-6-4-5-7-16(12)23-17/h4-10H,1-3H3. The summed E-state index contributed by atoms with van der Waals surface area (Å²) in [4.78, 5) is 12.3. The Kier molecular flexibility index (Phi) is 4.42. The van der Waals surface area contributed by atoms with E-state index in [1.165, 1.54) is 0 Å². The predicted molar refractivity (Wildman–Crippen MR) is 92.3 cm³/mol. The number of benzene rings is 2. The van der Waals surface area contributed by atoms with E-state index in [9.17, 15) is 4.79 Å². The first-order valence-electron chi connectivity index (χ1n) is 7.01. The third-order valence-corrected chi connectivity index (χ3v) is 6.00. The molecule has 5 heteroatoms. The third kappa shape index (κ3) is 2.85. The molecule has 0 saturated heterocycles. The van der Waals surface area contributed by atoms with E-state index >= 15 is 0 Å². The van der Waals surface area contributed by atoms with Crippen molar-refractivity contribution < 1.29 is 14.2 Å². The van der Waals surface area contributed by atoms with E-state index in [1.54, 1.807) is 27.4 Å². The van der Waals surface area contributed by atoms with Gasteiger partial charge in [0, 0.05) is 0 Å². The molecule has 0 unspecified atom stereocenters. The average molecular weight is 375 g/mol. The molecule has 0 N–H and O–H groups in total. The second-order valence-electron chi connectivity index (χ2n) is 4.89. The number of rotatable bonds is 4. The van der Waals surface area contributed by atoms with E-state index in [1.807, 2.05) is 36.4 Å². The maximum absolute atomic E-state index is 12.3. The Hall–Kier alpha value is -2.23. The monoisotopic (exact) mass is 376 g/mol. The van der Waals surface area contributed by atoms with Crippen molar-refractivity contribution in [3.05, 3.63) is 52.7 Å². The number of hydrogen-bond acceptors (Lipinski definition) is 4. The fourth-order valence-corrected chi connectivity index (χ4v) is 4.70. The van der Waals surface area contributed by atoms with E-state index in [-0.39, 0.29) is 19.9 Å². The first-order chi connectivity index (χ1) is 11.2. The van der Waals surface area contributed by atoms with Crippen LogP contribution in [0, 0.1) is 0 Å². The summed E-state index contributed by atoms with van der Waals surface area (Å²) in [6.45, 7) is 0. The first-order valence-corrected chi connectivity index (χ1v) is 8.72. The normalized spacial score (nSPS) is 10.6. The minimum absolute atomic E-state index is 0.0393. The van der Waals surface area contributed by atoms with Crippen molar-refractivity contribution in [3.8, 4) is 27.2 Å². The van der Waals surface area contributed by atoms with Crippen LogP contribution in [0.15, 0.2) is 47.3 Å². The van der Waals surface area contributed by atoms with Gasteiger partial charge in [0.05, 0.1) is 0 Å². The van der Waals surface area contributed by atoms with Crippen LogP contribution in [0.25, 0.3) is 19.6 Å². The van der Waals surface area contributed by atoms with Crippen LogP contribution in [-0.4, -0.2) is 35.8 Å². The molecule has 1 heterocycles. The molecule has 0 amide bonds. The van der Waals surface area contributed by atoms with Crippen LogP contribution in [-0.2, 0) is 0 Å². The van der Waals surface area contributed by atoms with Gasteiger partial charge in [-0.25, -0.2) is 0 Å². The molecular formula is C18H16O4Se. The van der Waals surface area contributed by atoms with Gasteiger partial charge in [-0.05, 0) is 0 Å². The minimum atomic E-state index is 0.0393. The Morgan fingerprint density at radius 3 is 2.13 bits per heavy atom. The average Bonchev–Trinajstić information content (AvgIpc) is 2.60.